The van der Waals surface area contributed by atoms with Gasteiger partial charge in [0.05, 0.1) is 16.8 Å². The molecular weight excluding hydrogens is 276 g/mol. The Bertz CT molecular complexity index is 857. The fourth-order valence-electron chi connectivity index (χ4n) is 2.05. The van der Waals surface area contributed by atoms with Crippen LogP contribution < -0.4 is 10.5 Å². The Labute approximate surface area is 115 Å². The number of aromatic amines is 1. The largest absolute Gasteiger partial charge is 0.398 e. The molecule has 1 aromatic heterocycles. The number of nitrogens with zero attached hydrogens (tertiary/aromatic N) is 1. The number of hydrogen-bond acceptors (Lipinski definition) is 4. The van der Waals surface area contributed by atoms with E-state index in [0.717, 1.165) is 0 Å². The van der Waals surface area contributed by atoms with Crippen molar-refractivity contribution in [2.75, 3.05) is 10.5 Å². The number of H-pyrrole nitrogens is 1. The summed E-state index contributed by atoms with van der Waals surface area (Å²) in [6.07, 6.45) is 2.87. The van der Waals surface area contributed by atoms with Crippen LogP contribution in [-0.2, 0) is 10.0 Å². The van der Waals surface area contributed by atoms with Crippen molar-refractivity contribution in [3.8, 4) is 0 Å². The molecule has 0 saturated heterocycles. The van der Waals surface area contributed by atoms with Crippen molar-refractivity contribution < 1.29 is 8.42 Å². The summed E-state index contributed by atoms with van der Waals surface area (Å²) in [4.78, 5) is 0.184. The smallest absolute Gasteiger partial charge is 0.262 e. The monoisotopic (exact) mass is 288 g/mol. The zero-order valence-corrected chi connectivity index (χ0v) is 11.2. The first-order valence-corrected chi connectivity index (χ1v) is 7.35. The summed E-state index contributed by atoms with van der Waals surface area (Å²) in [6.45, 7) is 0. The first kappa shape index (κ1) is 12.5. The molecule has 4 N–H and O–H groups in total. The zero-order valence-electron chi connectivity index (χ0n) is 10.4. The average molecular weight is 288 g/mol. The molecule has 0 aliphatic rings. The van der Waals surface area contributed by atoms with Gasteiger partial charge in [-0.3, -0.25) is 9.82 Å². The molecule has 0 spiro atoms. The number of sulfonamides is 1. The second-order valence-electron chi connectivity index (χ2n) is 4.29. The number of fused-ring (bicyclic) bond motifs is 1. The summed E-state index contributed by atoms with van der Waals surface area (Å²) in [5.74, 6) is 0. The molecule has 7 heteroatoms. The second kappa shape index (κ2) is 4.53. The van der Waals surface area contributed by atoms with Crippen molar-refractivity contribution in [3.05, 3.63) is 48.8 Å². The lowest BCUT2D eigenvalue weighted by atomic mass is 10.1. The van der Waals surface area contributed by atoms with Gasteiger partial charge in [0.25, 0.3) is 10.0 Å². The SMILES string of the molecule is Nc1ccc(S(=O)(=O)Nc2cn[nH]c2)c2ccccc12. The van der Waals surface area contributed by atoms with Gasteiger partial charge in [0.1, 0.15) is 0 Å². The van der Waals surface area contributed by atoms with E-state index in [-0.39, 0.29) is 4.90 Å². The highest BCUT2D eigenvalue weighted by Crippen LogP contribution is 2.28. The molecule has 0 aliphatic carbocycles. The molecule has 3 aromatic rings. The molecule has 0 fully saturated rings. The topological polar surface area (TPSA) is 101 Å². The van der Waals surface area contributed by atoms with Crippen molar-refractivity contribution in [1.82, 2.24) is 10.2 Å². The van der Waals surface area contributed by atoms with Gasteiger partial charge in [0.2, 0.25) is 0 Å². The van der Waals surface area contributed by atoms with Crippen molar-refractivity contribution in [1.29, 1.82) is 0 Å². The Kier molecular flexibility index (Phi) is 2.83. The fourth-order valence-corrected chi connectivity index (χ4v) is 3.29. The molecule has 20 heavy (non-hydrogen) atoms. The third-order valence-corrected chi connectivity index (χ3v) is 4.40. The number of nitrogens with two attached hydrogens (primary N) is 1. The number of benzene rings is 2. The predicted octanol–water partition coefficient (Wildman–Crippen LogP) is 1.95. The minimum Gasteiger partial charge on any atom is -0.398 e. The number of rotatable bonds is 3. The molecule has 0 aliphatic heterocycles. The fraction of sp³-hybridized carbons (Fsp3) is 0. The van der Waals surface area contributed by atoms with Crippen LogP contribution in [-0.4, -0.2) is 18.6 Å². The van der Waals surface area contributed by atoms with E-state index in [1.54, 1.807) is 24.3 Å². The third-order valence-electron chi connectivity index (χ3n) is 2.96. The summed E-state index contributed by atoms with van der Waals surface area (Å²) >= 11 is 0. The minimum atomic E-state index is -3.69. The van der Waals surface area contributed by atoms with Crippen LogP contribution in [0.2, 0.25) is 0 Å². The highest BCUT2D eigenvalue weighted by atomic mass is 32.2. The quantitative estimate of drug-likeness (QED) is 0.641. The summed E-state index contributed by atoms with van der Waals surface area (Å²) in [5, 5.41) is 7.55. The number of nitrogens with one attached hydrogen (secondary N) is 2. The van der Waals surface area contributed by atoms with Crippen LogP contribution in [0.5, 0.6) is 0 Å². The van der Waals surface area contributed by atoms with Gasteiger partial charge < -0.3 is 5.73 Å². The van der Waals surface area contributed by atoms with Crippen LogP contribution in [0, 0.1) is 0 Å². The predicted molar refractivity (Wildman–Crippen MR) is 77.8 cm³/mol. The number of hydrogen-bond donors (Lipinski definition) is 3. The van der Waals surface area contributed by atoms with Gasteiger partial charge in [-0.05, 0) is 12.1 Å². The van der Waals surface area contributed by atoms with Crippen LogP contribution in [0.4, 0.5) is 11.4 Å². The molecule has 0 unspecified atom stereocenters. The zero-order chi connectivity index (χ0) is 14.2. The third kappa shape index (κ3) is 2.08. The van der Waals surface area contributed by atoms with Gasteiger partial charge >= 0.3 is 0 Å². The van der Waals surface area contributed by atoms with Crippen molar-refractivity contribution in [3.63, 3.8) is 0 Å². The molecule has 102 valence electrons. The van der Waals surface area contributed by atoms with E-state index < -0.39 is 10.0 Å². The van der Waals surface area contributed by atoms with E-state index >= 15 is 0 Å². The second-order valence-corrected chi connectivity index (χ2v) is 5.94. The van der Waals surface area contributed by atoms with Crippen LogP contribution >= 0.6 is 0 Å². The lowest BCUT2D eigenvalue weighted by Crippen LogP contribution is -2.13. The summed E-state index contributed by atoms with van der Waals surface area (Å²) in [6, 6.07) is 10.2. The van der Waals surface area contributed by atoms with E-state index in [1.165, 1.54) is 18.5 Å². The molecule has 0 radical (unpaired) electrons. The molecule has 1 heterocycles. The first-order valence-electron chi connectivity index (χ1n) is 5.87. The van der Waals surface area contributed by atoms with Gasteiger partial charge in [-0.2, -0.15) is 5.10 Å². The Morgan fingerprint density at radius 2 is 1.85 bits per heavy atom. The van der Waals surface area contributed by atoms with Crippen molar-refractivity contribution >= 4 is 32.2 Å². The van der Waals surface area contributed by atoms with E-state index in [2.05, 4.69) is 14.9 Å². The molecule has 6 nitrogen and oxygen atoms in total. The van der Waals surface area contributed by atoms with Gasteiger partial charge in [0.15, 0.2) is 0 Å². The minimum absolute atomic E-state index is 0.184. The highest BCUT2D eigenvalue weighted by molar-refractivity contribution is 7.93. The molecule has 0 amide bonds. The highest BCUT2D eigenvalue weighted by Gasteiger charge is 2.18. The molecule has 0 bridgehead atoms. The van der Waals surface area contributed by atoms with E-state index in [1.807, 2.05) is 6.07 Å². The van der Waals surface area contributed by atoms with Gasteiger partial charge in [-0.1, -0.05) is 24.3 Å². The number of aromatic nitrogens is 2. The Balaban J connectivity index is 2.17. The summed E-state index contributed by atoms with van der Waals surface area (Å²) in [5.41, 5.74) is 6.80. The van der Waals surface area contributed by atoms with Crippen molar-refractivity contribution in [2.45, 2.75) is 4.90 Å². The summed E-state index contributed by atoms with van der Waals surface area (Å²) < 4.78 is 27.3. The van der Waals surface area contributed by atoms with Gasteiger partial charge in [-0.15, -0.1) is 0 Å². The lowest BCUT2D eigenvalue weighted by Gasteiger charge is -2.10. The van der Waals surface area contributed by atoms with E-state index in [9.17, 15) is 8.42 Å². The number of anilines is 2. The van der Waals surface area contributed by atoms with Crippen LogP contribution in [0.3, 0.4) is 0 Å². The normalized spacial score (nSPS) is 11.6. The summed E-state index contributed by atoms with van der Waals surface area (Å²) in [7, 11) is -3.69. The molecule has 0 saturated carbocycles. The average Bonchev–Trinajstić information content (AvgIpc) is 2.91. The number of nitrogen functional groups attached to an aromatic ring is 1. The molecule has 0 atom stereocenters. The van der Waals surface area contributed by atoms with Crippen LogP contribution in [0.1, 0.15) is 0 Å². The van der Waals surface area contributed by atoms with Crippen molar-refractivity contribution in [2.24, 2.45) is 0 Å². The Morgan fingerprint density at radius 1 is 1.10 bits per heavy atom. The molecular formula is C13H12N4O2S. The standard InChI is InChI=1S/C13H12N4O2S/c14-12-5-6-13(11-4-2-1-3-10(11)12)20(18,19)17-9-7-15-16-8-9/h1-8,17H,14H2,(H,15,16). The van der Waals surface area contributed by atoms with E-state index in [4.69, 9.17) is 5.73 Å². The molecule has 3 rings (SSSR count). The Morgan fingerprint density at radius 3 is 2.55 bits per heavy atom. The Hall–Kier alpha value is -2.54. The van der Waals surface area contributed by atoms with Gasteiger partial charge in [0, 0.05) is 22.7 Å². The first-order chi connectivity index (χ1) is 9.58. The van der Waals surface area contributed by atoms with Gasteiger partial charge in [-0.25, -0.2) is 8.42 Å². The maximum atomic E-state index is 12.4. The van der Waals surface area contributed by atoms with Crippen LogP contribution in [0.15, 0.2) is 53.7 Å². The molecule has 2 aromatic carbocycles. The van der Waals surface area contributed by atoms with Crippen LogP contribution in [0.25, 0.3) is 10.8 Å². The maximum Gasteiger partial charge on any atom is 0.262 e. The lowest BCUT2D eigenvalue weighted by molar-refractivity contribution is 0.602. The maximum absolute atomic E-state index is 12.4. The van der Waals surface area contributed by atoms with E-state index in [0.29, 0.717) is 22.1 Å².